The normalized spacial score (nSPS) is 10.2. The summed E-state index contributed by atoms with van der Waals surface area (Å²) >= 11 is 2.22. The van der Waals surface area contributed by atoms with Gasteiger partial charge in [0.05, 0.1) is 5.56 Å². The molecule has 0 heterocycles. The molecule has 0 atom stereocenters. The fourth-order valence-electron chi connectivity index (χ4n) is 1.36. The first-order valence-electron chi connectivity index (χ1n) is 3.94. The van der Waals surface area contributed by atoms with Gasteiger partial charge < -0.3 is 5.11 Å². The molecule has 0 aliphatic carbocycles. The van der Waals surface area contributed by atoms with Gasteiger partial charge in [-0.1, -0.05) is 0 Å². The Labute approximate surface area is 91.1 Å². The molecule has 0 saturated heterocycles. The number of benzene rings is 1. The highest BCUT2D eigenvalue weighted by molar-refractivity contribution is 14.1. The monoisotopic (exact) mass is 290 g/mol. The molecular formula is C10H11IO2. The molecule has 3 heteroatoms. The van der Waals surface area contributed by atoms with Crippen LogP contribution in [0.4, 0.5) is 0 Å². The minimum atomic E-state index is -0.838. The van der Waals surface area contributed by atoms with Crippen LogP contribution in [0.2, 0.25) is 0 Å². The largest absolute Gasteiger partial charge is 0.478 e. The standard InChI is InChI=1S/C10H11IO2/c1-5-4-8(11)6(2)7(3)9(5)10(12)13/h4H,1-3H3,(H,12,13). The molecule has 0 aliphatic rings. The van der Waals surface area contributed by atoms with Gasteiger partial charge in [0, 0.05) is 3.57 Å². The summed E-state index contributed by atoms with van der Waals surface area (Å²) in [6.45, 7) is 5.63. The Bertz CT molecular complexity index is 370. The second kappa shape index (κ2) is 3.65. The van der Waals surface area contributed by atoms with E-state index in [0.29, 0.717) is 5.56 Å². The topological polar surface area (TPSA) is 37.3 Å². The maximum Gasteiger partial charge on any atom is 0.336 e. The summed E-state index contributed by atoms with van der Waals surface area (Å²) in [5.41, 5.74) is 3.21. The van der Waals surface area contributed by atoms with E-state index in [1.54, 1.807) is 0 Å². The first kappa shape index (κ1) is 10.5. The lowest BCUT2D eigenvalue weighted by Crippen LogP contribution is -2.05. The molecule has 1 aromatic rings. The highest BCUT2D eigenvalue weighted by Gasteiger charge is 2.13. The Balaban J connectivity index is 3.53. The number of hydrogen-bond donors (Lipinski definition) is 1. The van der Waals surface area contributed by atoms with Crippen LogP contribution in [0.3, 0.4) is 0 Å². The number of aromatic carboxylic acids is 1. The number of carboxylic acid groups (broad SMARTS) is 1. The number of halogens is 1. The fraction of sp³-hybridized carbons (Fsp3) is 0.300. The molecular weight excluding hydrogens is 279 g/mol. The lowest BCUT2D eigenvalue weighted by molar-refractivity contribution is 0.0695. The van der Waals surface area contributed by atoms with Crippen molar-refractivity contribution < 1.29 is 9.90 Å². The van der Waals surface area contributed by atoms with Crippen LogP contribution in [0.15, 0.2) is 6.07 Å². The first-order valence-corrected chi connectivity index (χ1v) is 5.02. The summed E-state index contributed by atoms with van der Waals surface area (Å²) in [5, 5.41) is 8.96. The minimum Gasteiger partial charge on any atom is -0.478 e. The fourth-order valence-corrected chi connectivity index (χ4v) is 2.23. The summed E-state index contributed by atoms with van der Waals surface area (Å²) in [7, 11) is 0. The zero-order valence-electron chi connectivity index (χ0n) is 7.81. The van der Waals surface area contributed by atoms with E-state index in [-0.39, 0.29) is 0 Å². The van der Waals surface area contributed by atoms with Crippen LogP contribution in [0.25, 0.3) is 0 Å². The molecule has 1 aromatic carbocycles. The van der Waals surface area contributed by atoms with E-state index in [1.165, 1.54) is 0 Å². The van der Waals surface area contributed by atoms with Crippen molar-refractivity contribution in [2.75, 3.05) is 0 Å². The summed E-state index contributed by atoms with van der Waals surface area (Å²) in [5.74, 6) is -0.838. The van der Waals surface area contributed by atoms with Gasteiger partial charge in [-0.05, 0) is 66.1 Å². The first-order chi connectivity index (χ1) is 5.95. The zero-order chi connectivity index (χ0) is 10.2. The molecule has 1 N–H and O–H groups in total. The molecule has 0 aromatic heterocycles. The molecule has 0 aliphatic heterocycles. The molecule has 0 radical (unpaired) electrons. The molecule has 0 unspecified atom stereocenters. The lowest BCUT2D eigenvalue weighted by Gasteiger charge is -2.10. The second-order valence-electron chi connectivity index (χ2n) is 3.11. The number of carbonyl (C=O) groups is 1. The number of carboxylic acids is 1. The summed E-state index contributed by atoms with van der Waals surface area (Å²) < 4.78 is 1.12. The van der Waals surface area contributed by atoms with E-state index in [1.807, 2.05) is 26.8 Å². The molecule has 0 bridgehead atoms. The van der Waals surface area contributed by atoms with Crippen LogP contribution >= 0.6 is 22.6 Å². The SMILES string of the molecule is Cc1cc(I)c(C)c(C)c1C(=O)O. The third-order valence-electron chi connectivity index (χ3n) is 2.25. The molecule has 70 valence electrons. The van der Waals surface area contributed by atoms with Crippen LogP contribution in [0.5, 0.6) is 0 Å². The number of aryl methyl sites for hydroxylation is 1. The maximum absolute atomic E-state index is 10.9. The molecule has 2 nitrogen and oxygen atoms in total. The predicted molar refractivity (Wildman–Crippen MR) is 60.3 cm³/mol. The van der Waals surface area contributed by atoms with E-state index in [4.69, 9.17) is 5.11 Å². The van der Waals surface area contributed by atoms with Crippen LogP contribution in [0.1, 0.15) is 27.0 Å². The van der Waals surface area contributed by atoms with Gasteiger partial charge in [-0.15, -0.1) is 0 Å². The zero-order valence-corrected chi connectivity index (χ0v) is 9.97. The van der Waals surface area contributed by atoms with Crippen LogP contribution in [-0.2, 0) is 0 Å². The third-order valence-corrected chi connectivity index (χ3v) is 3.37. The molecule has 0 amide bonds. The van der Waals surface area contributed by atoms with Crippen molar-refractivity contribution in [3.8, 4) is 0 Å². The average molecular weight is 290 g/mol. The molecule has 0 spiro atoms. The molecule has 0 fully saturated rings. The van der Waals surface area contributed by atoms with E-state index < -0.39 is 5.97 Å². The van der Waals surface area contributed by atoms with Gasteiger partial charge in [0.25, 0.3) is 0 Å². The maximum atomic E-state index is 10.9. The average Bonchev–Trinajstić information content (AvgIpc) is 1.99. The van der Waals surface area contributed by atoms with Gasteiger partial charge in [-0.25, -0.2) is 4.79 Å². The van der Waals surface area contributed by atoms with Gasteiger partial charge >= 0.3 is 5.97 Å². The smallest absolute Gasteiger partial charge is 0.336 e. The van der Waals surface area contributed by atoms with E-state index >= 15 is 0 Å². The van der Waals surface area contributed by atoms with Crippen molar-refractivity contribution in [1.29, 1.82) is 0 Å². The molecule has 0 saturated carbocycles. The number of hydrogen-bond acceptors (Lipinski definition) is 1. The van der Waals surface area contributed by atoms with Crippen molar-refractivity contribution >= 4 is 28.6 Å². The Hall–Kier alpha value is -0.580. The lowest BCUT2D eigenvalue weighted by atomic mass is 9.99. The third kappa shape index (κ3) is 1.85. The van der Waals surface area contributed by atoms with Gasteiger partial charge in [-0.2, -0.15) is 0 Å². The minimum absolute atomic E-state index is 0.443. The second-order valence-corrected chi connectivity index (χ2v) is 4.27. The predicted octanol–water partition coefficient (Wildman–Crippen LogP) is 2.91. The highest BCUT2D eigenvalue weighted by Crippen LogP contribution is 2.22. The summed E-state index contributed by atoms with van der Waals surface area (Å²) in [6.07, 6.45) is 0. The molecule has 1 rings (SSSR count). The van der Waals surface area contributed by atoms with Gasteiger partial charge in [0.2, 0.25) is 0 Å². The highest BCUT2D eigenvalue weighted by atomic mass is 127. The van der Waals surface area contributed by atoms with Crippen molar-refractivity contribution in [3.63, 3.8) is 0 Å². The van der Waals surface area contributed by atoms with Crippen molar-refractivity contribution in [2.45, 2.75) is 20.8 Å². The van der Waals surface area contributed by atoms with Crippen molar-refractivity contribution in [3.05, 3.63) is 31.9 Å². The Kier molecular flexibility index (Phi) is 2.95. The van der Waals surface area contributed by atoms with Crippen LogP contribution in [-0.4, -0.2) is 11.1 Å². The van der Waals surface area contributed by atoms with Crippen molar-refractivity contribution in [1.82, 2.24) is 0 Å². The summed E-state index contributed by atoms with van der Waals surface area (Å²) in [4.78, 5) is 10.9. The number of rotatable bonds is 1. The Morgan fingerprint density at radius 3 is 2.31 bits per heavy atom. The van der Waals surface area contributed by atoms with E-state index in [9.17, 15) is 4.79 Å². The van der Waals surface area contributed by atoms with Crippen molar-refractivity contribution in [2.24, 2.45) is 0 Å². The van der Waals surface area contributed by atoms with E-state index in [2.05, 4.69) is 22.6 Å². The van der Waals surface area contributed by atoms with Crippen LogP contribution < -0.4 is 0 Å². The Morgan fingerprint density at radius 2 is 1.85 bits per heavy atom. The quantitative estimate of drug-likeness (QED) is 0.807. The van der Waals surface area contributed by atoms with Gasteiger partial charge in [0.1, 0.15) is 0 Å². The molecule has 13 heavy (non-hydrogen) atoms. The van der Waals surface area contributed by atoms with Gasteiger partial charge in [-0.3, -0.25) is 0 Å². The van der Waals surface area contributed by atoms with Crippen LogP contribution in [0, 0.1) is 24.3 Å². The van der Waals surface area contributed by atoms with E-state index in [0.717, 1.165) is 20.3 Å². The Morgan fingerprint density at radius 1 is 1.31 bits per heavy atom. The van der Waals surface area contributed by atoms with Gasteiger partial charge in [0.15, 0.2) is 0 Å². The summed E-state index contributed by atoms with van der Waals surface area (Å²) in [6, 6.07) is 1.91.